The van der Waals surface area contributed by atoms with Crippen LogP contribution in [0.4, 0.5) is 0 Å². The third kappa shape index (κ3) is 2.51. The van der Waals surface area contributed by atoms with Gasteiger partial charge in [0.2, 0.25) is 5.88 Å². The van der Waals surface area contributed by atoms with Gasteiger partial charge in [0.05, 0.1) is 5.56 Å². The highest BCUT2D eigenvalue weighted by atomic mass is 35.5. The van der Waals surface area contributed by atoms with E-state index in [9.17, 15) is 4.79 Å². The van der Waals surface area contributed by atoms with Crippen molar-refractivity contribution < 1.29 is 4.74 Å². The predicted molar refractivity (Wildman–Crippen MR) is 89.4 cm³/mol. The smallest absolute Gasteiger partial charge is 0.258 e. The van der Waals surface area contributed by atoms with E-state index in [-0.39, 0.29) is 5.56 Å². The minimum Gasteiger partial charge on any atom is -0.438 e. The molecule has 114 valence electrons. The highest BCUT2D eigenvalue weighted by molar-refractivity contribution is 6.30. The minimum atomic E-state index is -0.174. The van der Waals surface area contributed by atoms with Crippen LogP contribution in [0.5, 0.6) is 11.6 Å². The first kappa shape index (κ1) is 14.0. The molecule has 0 radical (unpaired) electrons. The molecule has 0 atom stereocenters. The second kappa shape index (κ2) is 5.25. The van der Waals surface area contributed by atoms with Crippen molar-refractivity contribution in [3.05, 3.63) is 74.5 Å². The molecule has 3 aromatic rings. The minimum absolute atomic E-state index is 0.174. The summed E-state index contributed by atoms with van der Waals surface area (Å²) in [4.78, 5) is 19.7. The standard InChI is InChI=1S/C18H13ClN2O2/c1-10-2-7-15-12(8-10)9-14-17(22)20-16(21-18(14)23-15)11-3-5-13(19)6-4-11/h2-8H,9H2,1H3,(H,20,21,22). The van der Waals surface area contributed by atoms with Crippen molar-refractivity contribution in [2.24, 2.45) is 0 Å². The Morgan fingerprint density at radius 3 is 2.74 bits per heavy atom. The van der Waals surface area contributed by atoms with Gasteiger partial charge in [0, 0.05) is 17.0 Å². The molecule has 0 fully saturated rings. The lowest BCUT2D eigenvalue weighted by atomic mass is 10.0. The first-order valence-electron chi connectivity index (χ1n) is 7.27. The number of fused-ring (bicyclic) bond motifs is 2. The summed E-state index contributed by atoms with van der Waals surface area (Å²) in [5.74, 6) is 1.60. The Morgan fingerprint density at radius 1 is 1.17 bits per heavy atom. The Morgan fingerprint density at radius 2 is 1.96 bits per heavy atom. The lowest BCUT2D eigenvalue weighted by Gasteiger charge is -2.19. The number of aromatic nitrogens is 2. The van der Waals surface area contributed by atoms with Crippen molar-refractivity contribution in [2.45, 2.75) is 13.3 Å². The third-order valence-electron chi connectivity index (χ3n) is 3.89. The van der Waals surface area contributed by atoms with Crippen molar-refractivity contribution in [1.82, 2.24) is 9.97 Å². The molecule has 23 heavy (non-hydrogen) atoms. The molecular formula is C18H13ClN2O2. The van der Waals surface area contributed by atoms with Gasteiger partial charge in [-0.15, -0.1) is 0 Å². The molecule has 0 aliphatic carbocycles. The molecule has 4 nitrogen and oxygen atoms in total. The number of H-pyrrole nitrogens is 1. The SMILES string of the molecule is Cc1ccc2c(c1)Cc1c(nc(-c3ccc(Cl)cc3)[nH]c1=O)O2. The van der Waals surface area contributed by atoms with Crippen LogP contribution in [0, 0.1) is 6.92 Å². The highest BCUT2D eigenvalue weighted by Crippen LogP contribution is 2.34. The van der Waals surface area contributed by atoms with Crippen LogP contribution >= 0.6 is 11.6 Å². The van der Waals surface area contributed by atoms with E-state index in [1.54, 1.807) is 12.1 Å². The van der Waals surface area contributed by atoms with Crippen molar-refractivity contribution in [1.29, 1.82) is 0 Å². The van der Waals surface area contributed by atoms with E-state index in [0.717, 1.165) is 22.4 Å². The van der Waals surface area contributed by atoms with E-state index in [1.165, 1.54) is 0 Å². The molecule has 5 heteroatoms. The van der Waals surface area contributed by atoms with Gasteiger partial charge < -0.3 is 9.72 Å². The van der Waals surface area contributed by atoms with Gasteiger partial charge in [-0.05, 0) is 42.8 Å². The van der Waals surface area contributed by atoms with Gasteiger partial charge in [-0.25, -0.2) is 0 Å². The second-order valence-electron chi connectivity index (χ2n) is 5.60. The molecule has 0 spiro atoms. The van der Waals surface area contributed by atoms with Crippen LogP contribution in [0.1, 0.15) is 16.7 Å². The van der Waals surface area contributed by atoms with Crippen LogP contribution in [-0.2, 0) is 6.42 Å². The number of hydrogen-bond donors (Lipinski definition) is 1. The zero-order valence-electron chi connectivity index (χ0n) is 12.4. The molecule has 0 bridgehead atoms. The van der Waals surface area contributed by atoms with E-state index in [0.29, 0.717) is 28.7 Å². The van der Waals surface area contributed by atoms with Crippen LogP contribution in [0.25, 0.3) is 11.4 Å². The van der Waals surface area contributed by atoms with E-state index in [4.69, 9.17) is 16.3 Å². The van der Waals surface area contributed by atoms with Crippen molar-refractivity contribution in [2.75, 3.05) is 0 Å². The molecule has 0 unspecified atom stereocenters. The number of aromatic amines is 1. The maximum atomic E-state index is 12.4. The molecule has 2 aromatic carbocycles. The molecule has 1 aliphatic rings. The monoisotopic (exact) mass is 324 g/mol. The summed E-state index contributed by atoms with van der Waals surface area (Å²) in [7, 11) is 0. The predicted octanol–water partition coefficient (Wildman–Crippen LogP) is 4.10. The second-order valence-corrected chi connectivity index (χ2v) is 6.03. The molecule has 0 saturated carbocycles. The fraction of sp³-hybridized carbons (Fsp3) is 0.111. The van der Waals surface area contributed by atoms with Crippen LogP contribution in [-0.4, -0.2) is 9.97 Å². The lowest BCUT2D eigenvalue weighted by molar-refractivity contribution is 0.438. The molecule has 4 rings (SSSR count). The average Bonchev–Trinajstić information content (AvgIpc) is 2.54. The quantitative estimate of drug-likeness (QED) is 0.573. The molecule has 1 N–H and O–H groups in total. The van der Waals surface area contributed by atoms with Gasteiger partial charge >= 0.3 is 0 Å². The topological polar surface area (TPSA) is 55.0 Å². The Balaban J connectivity index is 1.81. The number of rotatable bonds is 1. The Hall–Kier alpha value is -2.59. The van der Waals surface area contributed by atoms with Gasteiger partial charge in [0.1, 0.15) is 11.6 Å². The number of hydrogen-bond acceptors (Lipinski definition) is 3. The number of benzene rings is 2. The zero-order chi connectivity index (χ0) is 16.0. The van der Waals surface area contributed by atoms with Crippen LogP contribution < -0.4 is 10.3 Å². The fourth-order valence-corrected chi connectivity index (χ4v) is 2.83. The Kier molecular flexibility index (Phi) is 3.20. The maximum Gasteiger partial charge on any atom is 0.258 e. The van der Waals surface area contributed by atoms with E-state index in [2.05, 4.69) is 9.97 Å². The van der Waals surface area contributed by atoms with Crippen molar-refractivity contribution >= 4 is 11.6 Å². The van der Waals surface area contributed by atoms with Gasteiger partial charge in [0.15, 0.2) is 0 Å². The Labute approximate surface area is 137 Å². The average molecular weight is 325 g/mol. The third-order valence-corrected chi connectivity index (χ3v) is 4.14. The molecule has 0 saturated heterocycles. The van der Waals surface area contributed by atoms with E-state index in [1.807, 2.05) is 37.3 Å². The summed E-state index contributed by atoms with van der Waals surface area (Å²) >= 11 is 5.90. The first-order chi connectivity index (χ1) is 11.1. The van der Waals surface area contributed by atoms with Crippen LogP contribution in [0.2, 0.25) is 5.02 Å². The molecule has 2 heterocycles. The summed E-state index contributed by atoms with van der Waals surface area (Å²) in [6, 6.07) is 13.1. The van der Waals surface area contributed by atoms with Crippen LogP contribution in [0.15, 0.2) is 47.3 Å². The summed E-state index contributed by atoms with van der Waals surface area (Å²) in [6.07, 6.45) is 0.523. The molecule has 1 aromatic heterocycles. The van der Waals surface area contributed by atoms with Gasteiger partial charge in [-0.1, -0.05) is 29.3 Å². The van der Waals surface area contributed by atoms with Crippen molar-refractivity contribution in [3.8, 4) is 23.0 Å². The zero-order valence-corrected chi connectivity index (χ0v) is 13.1. The normalized spacial score (nSPS) is 12.3. The highest BCUT2D eigenvalue weighted by Gasteiger charge is 2.22. The van der Waals surface area contributed by atoms with Gasteiger partial charge in [-0.3, -0.25) is 4.79 Å². The van der Waals surface area contributed by atoms with E-state index >= 15 is 0 Å². The van der Waals surface area contributed by atoms with Gasteiger partial charge in [0.25, 0.3) is 5.56 Å². The molecular weight excluding hydrogens is 312 g/mol. The molecule has 0 amide bonds. The number of nitrogens with zero attached hydrogens (tertiary/aromatic N) is 1. The summed E-state index contributed by atoms with van der Waals surface area (Å²) in [5, 5.41) is 0.634. The number of nitrogens with one attached hydrogen (secondary N) is 1. The Bertz CT molecular complexity index is 962. The maximum absolute atomic E-state index is 12.4. The summed E-state index contributed by atoms with van der Waals surface area (Å²) in [5.41, 5.74) is 3.31. The largest absolute Gasteiger partial charge is 0.438 e. The number of halogens is 1. The summed E-state index contributed by atoms with van der Waals surface area (Å²) < 4.78 is 5.84. The fourth-order valence-electron chi connectivity index (χ4n) is 2.70. The summed E-state index contributed by atoms with van der Waals surface area (Å²) in [6.45, 7) is 2.02. The number of aryl methyl sites for hydroxylation is 1. The van der Waals surface area contributed by atoms with E-state index < -0.39 is 0 Å². The van der Waals surface area contributed by atoms with Crippen LogP contribution in [0.3, 0.4) is 0 Å². The van der Waals surface area contributed by atoms with Gasteiger partial charge in [-0.2, -0.15) is 4.98 Å². The van der Waals surface area contributed by atoms with Crippen molar-refractivity contribution in [3.63, 3.8) is 0 Å². The first-order valence-corrected chi connectivity index (χ1v) is 7.64. The number of ether oxygens (including phenoxy) is 1. The lowest BCUT2D eigenvalue weighted by Crippen LogP contribution is -2.20. The molecule has 1 aliphatic heterocycles.